The second-order valence-electron chi connectivity index (χ2n) is 5.26. The number of benzene rings is 1. The van der Waals surface area contributed by atoms with E-state index < -0.39 is 0 Å². The van der Waals surface area contributed by atoms with E-state index in [9.17, 15) is 4.79 Å². The van der Waals surface area contributed by atoms with Crippen LogP contribution in [-0.2, 0) is 0 Å². The van der Waals surface area contributed by atoms with Gasteiger partial charge in [0.25, 0.3) is 0 Å². The number of carbonyl (C=O) groups is 1. The van der Waals surface area contributed by atoms with Gasteiger partial charge in [0.05, 0.1) is 19.3 Å². The van der Waals surface area contributed by atoms with Crippen molar-refractivity contribution < 1.29 is 14.3 Å². The van der Waals surface area contributed by atoms with Crippen molar-refractivity contribution in [1.29, 1.82) is 0 Å². The molecule has 1 heterocycles. The Morgan fingerprint density at radius 3 is 2.95 bits per heavy atom. The SMILES string of the molecule is COc1cccc(C=O)c1OCCC1CCCCN1C. The molecule has 0 amide bonds. The molecule has 4 heteroatoms. The number of carbonyl (C=O) groups excluding carboxylic acids is 1. The first kappa shape index (κ1) is 14.9. The minimum absolute atomic E-state index is 0.543. The molecule has 0 bridgehead atoms. The largest absolute Gasteiger partial charge is 0.493 e. The van der Waals surface area contributed by atoms with Crippen LogP contribution in [0, 0.1) is 0 Å². The van der Waals surface area contributed by atoms with Gasteiger partial charge in [0.15, 0.2) is 17.8 Å². The van der Waals surface area contributed by atoms with E-state index in [-0.39, 0.29) is 0 Å². The Morgan fingerprint density at radius 1 is 1.40 bits per heavy atom. The van der Waals surface area contributed by atoms with Crippen LogP contribution in [0.3, 0.4) is 0 Å². The highest BCUT2D eigenvalue weighted by Crippen LogP contribution is 2.30. The van der Waals surface area contributed by atoms with Gasteiger partial charge in [0.1, 0.15) is 0 Å². The topological polar surface area (TPSA) is 38.8 Å². The van der Waals surface area contributed by atoms with E-state index in [4.69, 9.17) is 9.47 Å². The molecule has 1 aromatic rings. The average molecular weight is 277 g/mol. The maximum absolute atomic E-state index is 11.1. The molecule has 0 saturated carbocycles. The number of rotatable bonds is 6. The second kappa shape index (κ2) is 7.29. The molecule has 1 saturated heterocycles. The molecule has 1 unspecified atom stereocenters. The van der Waals surface area contributed by atoms with E-state index >= 15 is 0 Å². The van der Waals surface area contributed by atoms with Gasteiger partial charge in [-0.2, -0.15) is 0 Å². The number of para-hydroxylation sites is 1. The first-order chi connectivity index (χ1) is 9.76. The fourth-order valence-corrected chi connectivity index (χ4v) is 2.75. The van der Waals surface area contributed by atoms with Crippen LogP contribution < -0.4 is 9.47 Å². The van der Waals surface area contributed by atoms with Crippen molar-refractivity contribution in [2.75, 3.05) is 27.3 Å². The van der Waals surface area contributed by atoms with Gasteiger partial charge in [-0.25, -0.2) is 0 Å². The van der Waals surface area contributed by atoms with Crippen molar-refractivity contribution in [2.45, 2.75) is 31.7 Å². The number of piperidine rings is 1. The highest BCUT2D eigenvalue weighted by molar-refractivity contribution is 5.81. The van der Waals surface area contributed by atoms with Gasteiger partial charge in [-0.3, -0.25) is 4.79 Å². The van der Waals surface area contributed by atoms with E-state index in [0.717, 1.165) is 12.7 Å². The lowest BCUT2D eigenvalue weighted by Gasteiger charge is -2.32. The third kappa shape index (κ3) is 3.51. The summed E-state index contributed by atoms with van der Waals surface area (Å²) in [6.45, 7) is 1.77. The van der Waals surface area contributed by atoms with Gasteiger partial charge in [0.2, 0.25) is 0 Å². The molecule has 20 heavy (non-hydrogen) atoms. The van der Waals surface area contributed by atoms with Crippen LogP contribution in [0.15, 0.2) is 18.2 Å². The molecule has 0 aromatic heterocycles. The third-order valence-electron chi connectivity index (χ3n) is 3.98. The summed E-state index contributed by atoms with van der Waals surface area (Å²) in [5.74, 6) is 1.18. The number of aldehydes is 1. The zero-order valence-electron chi connectivity index (χ0n) is 12.3. The normalized spacial score (nSPS) is 19.6. The van der Waals surface area contributed by atoms with Crippen molar-refractivity contribution >= 4 is 6.29 Å². The van der Waals surface area contributed by atoms with Crippen LogP contribution in [-0.4, -0.2) is 44.5 Å². The molecule has 1 atom stereocenters. The number of hydrogen-bond donors (Lipinski definition) is 0. The summed E-state index contributed by atoms with van der Waals surface area (Å²) in [5.41, 5.74) is 0.543. The quantitative estimate of drug-likeness (QED) is 0.749. The van der Waals surface area contributed by atoms with Gasteiger partial charge in [0, 0.05) is 6.04 Å². The van der Waals surface area contributed by atoms with Crippen LogP contribution in [0.2, 0.25) is 0 Å². The van der Waals surface area contributed by atoms with Gasteiger partial charge in [-0.05, 0) is 45.0 Å². The fraction of sp³-hybridized carbons (Fsp3) is 0.562. The Balaban J connectivity index is 1.94. The summed E-state index contributed by atoms with van der Waals surface area (Å²) in [6.07, 6.45) is 5.60. The minimum Gasteiger partial charge on any atom is -0.493 e. The summed E-state index contributed by atoms with van der Waals surface area (Å²) in [4.78, 5) is 13.5. The minimum atomic E-state index is 0.543. The lowest BCUT2D eigenvalue weighted by Crippen LogP contribution is -2.37. The molecule has 0 N–H and O–H groups in total. The first-order valence-corrected chi connectivity index (χ1v) is 7.21. The van der Waals surface area contributed by atoms with Gasteiger partial charge >= 0.3 is 0 Å². The molecule has 4 nitrogen and oxygen atoms in total. The van der Waals surface area contributed by atoms with Crippen molar-refractivity contribution in [1.82, 2.24) is 4.90 Å². The molecular weight excluding hydrogens is 254 g/mol. The molecule has 0 spiro atoms. The molecule has 2 rings (SSSR count). The lowest BCUT2D eigenvalue weighted by atomic mass is 10.0. The molecule has 1 aliphatic heterocycles. The molecule has 110 valence electrons. The highest BCUT2D eigenvalue weighted by Gasteiger charge is 2.19. The summed E-state index contributed by atoms with van der Waals surface area (Å²) >= 11 is 0. The van der Waals surface area contributed by atoms with E-state index in [2.05, 4.69) is 11.9 Å². The maximum Gasteiger partial charge on any atom is 0.171 e. The van der Waals surface area contributed by atoms with Gasteiger partial charge < -0.3 is 14.4 Å². The molecule has 1 aromatic carbocycles. The summed E-state index contributed by atoms with van der Waals surface area (Å²) in [6, 6.07) is 5.94. The van der Waals surface area contributed by atoms with Crippen molar-refractivity contribution in [3.05, 3.63) is 23.8 Å². The molecule has 1 aliphatic rings. The Kier molecular flexibility index (Phi) is 5.41. The number of nitrogens with zero attached hydrogens (tertiary/aromatic N) is 1. The van der Waals surface area contributed by atoms with Crippen molar-refractivity contribution in [2.24, 2.45) is 0 Å². The summed E-state index contributed by atoms with van der Waals surface area (Å²) < 4.78 is 11.1. The van der Waals surface area contributed by atoms with Crippen LogP contribution in [0.4, 0.5) is 0 Å². The average Bonchev–Trinajstić information content (AvgIpc) is 2.49. The Labute approximate surface area is 120 Å². The highest BCUT2D eigenvalue weighted by atomic mass is 16.5. The van der Waals surface area contributed by atoms with E-state index in [0.29, 0.717) is 29.7 Å². The van der Waals surface area contributed by atoms with E-state index in [1.165, 1.54) is 25.8 Å². The smallest absolute Gasteiger partial charge is 0.171 e. The zero-order chi connectivity index (χ0) is 14.4. The monoisotopic (exact) mass is 277 g/mol. The van der Waals surface area contributed by atoms with Gasteiger partial charge in [-0.15, -0.1) is 0 Å². The first-order valence-electron chi connectivity index (χ1n) is 7.21. The number of methoxy groups -OCH3 is 1. The predicted molar refractivity (Wildman–Crippen MR) is 78.8 cm³/mol. The van der Waals surface area contributed by atoms with Crippen molar-refractivity contribution in [3.63, 3.8) is 0 Å². The molecule has 1 fully saturated rings. The number of hydrogen-bond acceptors (Lipinski definition) is 4. The fourth-order valence-electron chi connectivity index (χ4n) is 2.75. The Hall–Kier alpha value is -1.55. The lowest BCUT2D eigenvalue weighted by molar-refractivity contribution is 0.111. The Morgan fingerprint density at radius 2 is 2.25 bits per heavy atom. The van der Waals surface area contributed by atoms with Gasteiger partial charge in [-0.1, -0.05) is 12.5 Å². The molecule has 0 aliphatic carbocycles. The van der Waals surface area contributed by atoms with E-state index in [1.807, 2.05) is 6.07 Å². The zero-order valence-corrected chi connectivity index (χ0v) is 12.3. The van der Waals surface area contributed by atoms with Crippen LogP contribution in [0.1, 0.15) is 36.0 Å². The Bertz CT molecular complexity index is 447. The third-order valence-corrected chi connectivity index (χ3v) is 3.98. The summed E-state index contributed by atoms with van der Waals surface area (Å²) in [5, 5.41) is 0. The molecular formula is C16H23NO3. The van der Waals surface area contributed by atoms with Crippen molar-refractivity contribution in [3.8, 4) is 11.5 Å². The van der Waals surface area contributed by atoms with Crippen LogP contribution >= 0.6 is 0 Å². The summed E-state index contributed by atoms with van der Waals surface area (Å²) in [7, 11) is 3.76. The van der Waals surface area contributed by atoms with Crippen LogP contribution in [0.25, 0.3) is 0 Å². The standard InChI is InChI=1S/C16H23NO3/c1-17-10-4-3-7-14(17)9-11-20-16-13(12-18)6-5-8-15(16)19-2/h5-6,8,12,14H,3-4,7,9-11H2,1-2H3. The number of likely N-dealkylation sites (tertiary alicyclic amines) is 1. The molecule has 0 radical (unpaired) electrons. The predicted octanol–water partition coefficient (Wildman–Crippen LogP) is 2.76. The second-order valence-corrected chi connectivity index (χ2v) is 5.26. The maximum atomic E-state index is 11.1. The van der Waals surface area contributed by atoms with Crippen LogP contribution in [0.5, 0.6) is 11.5 Å². The number of ether oxygens (including phenoxy) is 2. The van der Waals surface area contributed by atoms with E-state index in [1.54, 1.807) is 19.2 Å².